The summed E-state index contributed by atoms with van der Waals surface area (Å²) in [7, 11) is 0. The number of hydrogen-bond donors (Lipinski definition) is 4. The minimum Gasteiger partial charge on any atom is -1.00 e. The summed E-state index contributed by atoms with van der Waals surface area (Å²) >= 11 is 4.75. The van der Waals surface area contributed by atoms with Crippen LogP contribution in [0.1, 0.15) is 7.12 Å². The molecule has 0 amide bonds. The molecular weight excluding hydrogens is 217 g/mol. The van der Waals surface area contributed by atoms with Crippen LogP contribution in [0, 0.1) is 4.77 Å². The fourth-order valence-electron chi connectivity index (χ4n) is 0.805. The Morgan fingerprint density at radius 3 is 2.85 bits per heavy atom. The van der Waals surface area contributed by atoms with Crippen LogP contribution in [0.15, 0.2) is 6.20 Å². The van der Waals surface area contributed by atoms with Crippen LogP contribution in [0.3, 0.4) is 0 Å². The molecule has 5 N–H and O–H groups in total. The maximum absolute atomic E-state index is 10.3. The molecule has 0 unspecified atom stereocenters. The largest absolute Gasteiger partial charge is 1.00 e. The number of carbonyl (C=O) groups is 1. The van der Waals surface area contributed by atoms with E-state index in [2.05, 4.69) is 9.97 Å². The van der Waals surface area contributed by atoms with Gasteiger partial charge >= 0.3 is 57.4 Å². The fraction of sp³-hybridized carbons (Fsp3) is 0.333. The molecule has 1 rings (SSSR count). The Morgan fingerprint density at radius 1 is 1.85 bits per heavy atom. The van der Waals surface area contributed by atoms with E-state index in [0.717, 1.165) is 0 Å². The van der Waals surface area contributed by atoms with Crippen LogP contribution >= 0.6 is 12.2 Å². The van der Waals surface area contributed by atoms with Gasteiger partial charge < -0.3 is 22.2 Å². The Hall–Kier alpha value is 0.496. The normalized spacial score (nSPS) is 11.8. The standard InChI is InChI=1S/C6H9N3O2S.K.H/c7-4(5(10)11)1-3-2-8-6(12)9-3;;/h2,4H,1,7H2,(H,10,11)(H2,8,9,12);;/q;+1;-1/t4-;;/m0../s1. The summed E-state index contributed by atoms with van der Waals surface area (Å²) < 4.78 is 0.475. The number of rotatable bonds is 3. The molecule has 0 bridgehead atoms. The van der Waals surface area contributed by atoms with Crippen LogP contribution in [-0.2, 0) is 11.2 Å². The number of imidazole rings is 1. The number of aliphatic carboxylic acids is 1. The molecule has 1 heterocycles. The molecule has 0 spiro atoms. The summed E-state index contributed by atoms with van der Waals surface area (Å²) in [6, 6.07) is -0.883. The third-order valence-electron chi connectivity index (χ3n) is 1.41. The Balaban J connectivity index is 0. The zero-order valence-electron chi connectivity index (χ0n) is 8.20. The van der Waals surface area contributed by atoms with Crippen molar-refractivity contribution in [1.82, 2.24) is 9.97 Å². The third kappa shape index (κ3) is 4.50. The van der Waals surface area contributed by atoms with Crippen molar-refractivity contribution in [3.63, 3.8) is 0 Å². The van der Waals surface area contributed by atoms with Crippen molar-refractivity contribution >= 4 is 18.2 Å². The maximum Gasteiger partial charge on any atom is 1.00 e. The van der Waals surface area contributed by atoms with E-state index in [-0.39, 0.29) is 59.2 Å². The van der Waals surface area contributed by atoms with Gasteiger partial charge in [0.2, 0.25) is 0 Å². The van der Waals surface area contributed by atoms with Gasteiger partial charge in [0.05, 0.1) is 0 Å². The number of carboxylic acid groups (broad SMARTS) is 1. The molecule has 0 fully saturated rings. The second kappa shape index (κ2) is 6.07. The second-order valence-corrected chi connectivity index (χ2v) is 2.83. The second-order valence-electron chi connectivity index (χ2n) is 2.42. The van der Waals surface area contributed by atoms with Gasteiger partial charge in [0.25, 0.3) is 0 Å². The van der Waals surface area contributed by atoms with E-state index in [9.17, 15) is 4.79 Å². The molecule has 7 heteroatoms. The van der Waals surface area contributed by atoms with E-state index in [0.29, 0.717) is 10.5 Å². The van der Waals surface area contributed by atoms with E-state index >= 15 is 0 Å². The molecule has 1 atom stereocenters. The smallest absolute Gasteiger partial charge is 1.00 e. The van der Waals surface area contributed by atoms with Gasteiger partial charge in [-0.05, 0) is 12.2 Å². The summed E-state index contributed by atoms with van der Waals surface area (Å²) in [5.74, 6) is -1.02. The van der Waals surface area contributed by atoms with E-state index < -0.39 is 12.0 Å². The number of H-pyrrole nitrogens is 2. The molecule has 0 saturated carbocycles. The van der Waals surface area contributed by atoms with E-state index in [1.54, 1.807) is 6.20 Å². The predicted molar refractivity (Wildman–Crippen MR) is 46.4 cm³/mol. The van der Waals surface area contributed by atoms with Crippen LogP contribution in [0.4, 0.5) is 0 Å². The summed E-state index contributed by atoms with van der Waals surface area (Å²) in [4.78, 5) is 15.8. The molecule has 1 aromatic heterocycles. The summed E-state index contributed by atoms with van der Waals surface area (Å²) in [5, 5.41) is 8.47. The molecule has 0 aliphatic rings. The SMILES string of the molecule is N[C@@H](Cc1c[nH]c(=S)[nH]1)C(=O)O.[H-].[K+]. The fourth-order valence-corrected chi connectivity index (χ4v) is 0.995. The Morgan fingerprint density at radius 2 is 2.46 bits per heavy atom. The molecule has 5 nitrogen and oxygen atoms in total. The summed E-state index contributed by atoms with van der Waals surface area (Å²) in [6.07, 6.45) is 1.87. The molecular formula is C6H10KN3O2S. The van der Waals surface area contributed by atoms with Crippen LogP contribution in [0.2, 0.25) is 0 Å². The van der Waals surface area contributed by atoms with Gasteiger partial charge in [0.1, 0.15) is 6.04 Å². The average molecular weight is 227 g/mol. The van der Waals surface area contributed by atoms with Gasteiger partial charge in [-0.2, -0.15) is 0 Å². The molecule has 0 aliphatic heterocycles. The quantitative estimate of drug-likeness (QED) is 0.330. The summed E-state index contributed by atoms with van der Waals surface area (Å²) in [5.41, 5.74) is 5.99. The molecule has 68 valence electrons. The number of aromatic amines is 2. The van der Waals surface area contributed by atoms with Crippen molar-refractivity contribution in [2.75, 3.05) is 0 Å². The van der Waals surface area contributed by atoms with Crippen LogP contribution < -0.4 is 57.1 Å². The van der Waals surface area contributed by atoms with Crippen molar-refractivity contribution in [3.05, 3.63) is 16.7 Å². The van der Waals surface area contributed by atoms with Gasteiger partial charge in [-0.15, -0.1) is 0 Å². The molecule has 0 aromatic carbocycles. The molecule has 0 radical (unpaired) electrons. The maximum atomic E-state index is 10.3. The number of nitrogens with one attached hydrogen (secondary N) is 2. The monoisotopic (exact) mass is 227 g/mol. The first kappa shape index (κ1) is 13.5. The zero-order chi connectivity index (χ0) is 9.14. The predicted octanol–water partition coefficient (Wildman–Crippen LogP) is -2.86. The molecule has 0 saturated heterocycles. The Bertz CT molecular complexity index is 340. The first-order valence-corrected chi connectivity index (χ1v) is 3.75. The average Bonchev–Trinajstić information content (AvgIpc) is 2.35. The van der Waals surface area contributed by atoms with Crippen molar-refractivity contribution < 1.29 is 62.7 Å². The Kier molecular flexibility index (Phi) is 6.30. The summed E-state index contributed by atoms with van der Waals surface area (Å²) in [6.45, 7) is 0. The van der Waals surface area contributed by atoms with E-state index in [1.807, 2.05) is 0 Å². The Labute approximate surface area is 124 Å². The van der Waals surface area contributed by atoms with E-state index in [1.165, 1.54) is 0 Å². The molecule has 13 heavy (non-hydrogen) atoms. The molecule has 1 aromatic rings. The number of nitrogens with two attached hydrogens (primary N) is 1. The van der Waals surface area contributed by atoms with Crippen molar-refractivity contribution in [2.24, 2.45) is 5.73 Å². The van der Waals surface area contributed by atoms with Gasteiger partial charge in [0, 0.05) is 18.3 Å². The van der Waals surface area contributed by atoms with Gasteiger partial charge in [-0.25, -0.2) is 0 Å². The van der Waals surface area contributed by atoms with Crippen molar-refractivity contribution in [3.8, 4) is 0 Å². The van der Waals surface area contributed by atoms with Gasteiger partial charge in [-0.3, -0.25) is 4.79 Å². The first-order chi connectivity index (χ1) is 5.59. The number of hydrogen-bond acceptors (Lipinski definition) is 3. The van der Waals surface area contributed by atoms with Crippen LogP contribution in [0.25, 0.3) is 0 Å². The third-order valence-corrected chi connectivity index (χ3v) is 1.63. The molecule has 0 aliphatic carbocycles. The van der Waals surface area contributed by atoms with Crippen molar-refractivity contribution in [2.45, 2.75) is 12.5 Å². The minimum absolute atomic E-state index is 0. The van der Waals surface area contributed by atoms with E-state index in [4.69, 9.17) is 23.1 Å². The zero-order valence-corrected chi connectivity index (χ0v) is 11.1. The number of carboxylic acids is 1. The first-order valence-electron chi connectivity index (χ1n) is 3.34. The van der Waals surface area contributed by atoms with Crippen molar-refractivity contribution in [1.29, 1.82) is 0 Å². The number of aromatic nitrogens is 2. The van der Waals surface area contributed by atoms with Crippen LogP contribution in [0.5, 0.6) is 0 Å². The minimum atomic E-state index is -1.02. The van der Waals surface area contributed by atoms with Gasteiger partial charge in [-0.1, -0.05) is 0 Å². The van der Waals surface area contributed by atoms with Gasteiger partial charge in [0.15, 0.2) is 4.77 Å². The van der Waals surface area contributed by atoms with Crippen LogP contribution in [-0.4, -0.2) is 27.1 Å². The topological polar surface area (TPSA) is 94.9 Å².